The van der Waals surface area contributed by atoms with Gasteiger partial charge < -0.3 is 0 Å². The molecule has 0 aromatic rings. The highest BCUT2D eigenvalue weighted by Gasteiger charge is 2.08. The molecule has 0 heterocycles. The van der Waals surface area contributed by atoms with E-state index in [1.165, 1.54) is 16.4 Å². The maximum atomic E-state index is 2.42. The average molecular weight is 248 g/mol. The summed E-state index contributed by atoms with van der Waals surface area (Å²) in [5, 5.41) is 0. The monoisotopic (exact) mass is 248 g/mol. The maximum Gasteiger partial charge on any atom is 0.0119 e. The van der Waals surface area contributed by atoms with Crippen LogP contribution in [0.5, 0.6) is 0 Å². The molecule has 0 N–H and O–H groups in total. The minimum absolute atomic E-state index is 0.758. The van der Waals surface area contributed by atoms with Crippen molar-refractivity contribution >= 4 is 22.6 Å². The molecule has 0 radical (unpaired) electrons. The summed E-state index contributed by atoms with van der Waals surface area (Å²) in [6, 6.07) is 0. The van der Waals surface area contributed by atoms with Gasteiger partial charge in [0, 0.05) is 3.58 Å². The van der Waals surface area contributed by atoms with Crippen molar-refractivity contribution in [2.75, 3.05) is 0 Å². The van der Waals surface area contributed by atoms with E-state index in [0.717, 1.165) is 5.92 Å². The molecule has 1 rings (SSSR count). The fourth-order valence-electron chi connectivity index (χ4n) is 1.23. The summed E-state index contributed by atoms with van der Waals surface area (Å²) in [6.07, 6.45) is 7.02. The minimum Gasteiger partial charge on any atom is -0.0803 e. The second-order valence-corrected chi connectivity index (χ2v) is 4.01. The lowest BCUT2D eigenvalue weighted by atomic mass is 9.95. The fourth-order valence-corrected chi connectivity index (χ4v) is 2.04. The first-order valence-corrected chi connectivity index (χ1v) is 4.87. The SMILES string of the molecule is CCC1=C(I)C=CC(C)C1. The molecule has 0 aliphatic heterocycles. The first-order chi connectivity index (χ1) is 4.74. The van der Waals surface area contributed by atoms with Gasteiger partial charge in [-0.15, -0.1) is 0 Å². The van der Waals surface area contributed by atoms with Crippen LogP contribution in [-0.2, 0) is 0 Å². The number of halogens is 1. The maximum absolute atomic E-state index is 2.42. The second-order valence-electron chi connectivity index (χ2n) is 2.85. The van der Waals surface area contributed by atoms with Crippen molar-refractivity contribution < 1.29 is 0 Å². The molecule has 1 aliphatic rings. The molecular formula is C9H13I. The van der Waals surface area contributed by atoms with Crippen LogP contribution in [0.2, 0.25) is 0 Å². The third kappa shape index (κ3) is 1.84. The summed E-state index contributed by atoms with van der Waals surface area (Å²) >= 11 is 2.42. The Balaban J connectivity index is 2.74. The van der Waals surface area contributed by atoms with Crippen molar-refractivity contribution in [3.05, 3.63) is 21.3 Å². The zero-order valence-corrected chi connectivity index (χ0v) is 8.68. The first kappa shape index (κ1) is 8.31. The molecule has 0 aromatic heterocycles. The smallest absolute Gasteiger partial charge is 0.0119 e. The Kier molecular flexibility index (Phi) is 2.96. The number of rotatable bonds is 1. The number of allylic oxidation sites excluding steroid dienone is 4. The fraction of sp³-hybridized carbons (Fsp3) is 0.556. The largest absolute Gasteiger partial charge is 0.0803 e. The van der Waals surface area contributed by atoms with Crippen molar-refractivity contribution in [2.24, 2.45) is 5.92 Å². The molecule has 10 heavy (non-hydrogen) atoms. The van der Waals surface area contributed by atoms with Crippen molar-refractivity contribution in [2.45, 2.75) is 26.7 Å². The summed E-state index contributed by atoms with van der Waals surface area (Å²) in [5.41, 5.74) is 1.62. The molecule has 1 unspecified atom stereocenters. The van der Waals surface area contributed by atoms with Gasteiger partial charge in [-0.2, -0.15) is 0 Å². The van der Waals surface area contributed by atoms with Gasteiger partial charge in [0.25, 0.3) is 0 Å². The molecule has 0 amide bonds. The van der Waals surface area contributed by atoms with E-state index in [-0.39, 0.29) is 0 Å². The molecule has 0 spiro atoms. The van der Waals surface area contributed by atoms with Gasteiger partial charge in [0.2, 0.25) is 0 Å². The minimum atomic E-state index is 0.758. The van der Waals surface area contributed by atoms with Gasteiger partial charge in [0.15, 0.2) is 0 Å². The van der Waals surface area contributed by atoms with E-state index in [1.54, 1.807) is 5.57 Å². The number of hydrogen-bond donors (Lipinski definition) is 0. The van der Waals surface area contributed by atoms with E-state index in [9.17, 15) is 0 Å². The van der Waals surface area contributed by atoms with E-state index in [0.29, 0.717) is 0 Å². The summed E-state index contributed by atoms with van der Waals surface area (Å²) in [4.78, 5) is 0. The quantitative estimate of drug-likeness (QED) is 0.621. The van der Waals surface area contributed by atoms with Gasteiger partial charge in [-0.25, -0.2) is 0 Å². The predicted octanol–water partition coefficient (Wildman–Crippen LogP) is 3.68. The van der Waals surface area contributed by atoms with Crippen LogP contribution in [0.1, 0.15) is 26.7 Å². The van der Waals surface area contributed by atoms with Crippen molar-refractivity contribution in [3.8, 4) is 0 Å². The van der Waals surface area contributed by atoms with Crippen LogP contribution >= 0.6 is 22.6 Å². The van der Waals surface area contributed by atoms with Crippen molar-refractivity contribution in [1.82, 2.24) is 0 Å². The molecule has 0 bridgehead atoms. The lowest BCUT2D eigenvalue weighted by molar-refractivity contribution is 0.688. The summed E-state index contributed by atoms with van der Waals surface area (Å²) < 4.78 is 1.46. The predicted molar refractivity (Wildman–Crippen MR) is 54.3 cm³/mol. The molecule has 1 atom stereocenters. The summed E-state index contributed by atoms with van der Waals surface area (Å²) in [7, 11) is 0. The highest BCUT2D eigenvalue weighted by Crippen LogP contribution is 2.28. The molecule has 0 fully saturated rings. The topological polar surface area (TPSA) is 0 Å². The van der Waals surface area contributed by atoms with Gasteiger partial charge in [-0.1, -0.05) is 31.6 Å². The third-order valence-corrected chi connectivity index (χ3v) is 3.03. The normalized spacial score (nSPS) is 25.7. The Bertz CT molecular complexity index is 177. The molecular weight excluding hydrogens is 235 g/mol. The van der Waals surface area contributed by atoms with E-state index in [1.807, 2.05) is 0 Å². The number of hydrogen-bond acceptors (Lipinski definition) is 0. The van der Waals surface area contributed by atoms with Crippen LogP contribution < -0.4 is 0 Å². The van der Waals surface area contributed by atoms with Gasteiger partial charge >= 0.3 is 0 Å². The highest BCUT2D eigenvalue weighted by atomic mass is 127. The van der Waals surface area contributed by atoms with E-state index >= 15 is 0 Å². The second kappa shape index (κ2) is 3.56. The Hall–Kier alpha value is 0.210. The lowest BCUT2D eigenvalue weighted by Crippen LogP contribution is -1.98. The van der Waals surface area contributed by atoms with E-state index in [4.69, 9.17) is 0 Å². The Morgan fingerprint density at radius 1 is 1.70 bits per heavy atom. The molecule has 0 aromatic carbocycles. The van der Waals surface area contributed by atoms with Gasteiger partial charge in [-0.05, 0) is 41.4 Å². The van der Waals surface area contributed by atoms with E-state index in [2.05, 4.69) is 48.6 Å². The van der Waals surface area contributed by atoms with Crippen LogP contribution in [0.4, 0.5) is 0 Å². The van der Waals surface area contributed by atoms with Gasteiger partial charge in [-0.3, -0.25) is 0 Å². The molecule has 1 heteroatoms. The van der Waals surface area contributed by atoms with Crippen LogP contribution in [0.15, 0.2) is 21.3 Å². The highest BCUT2D eigenvalue weighted by molar-refractivity contribution is 14.1. The average Bonchev–Trinajstić information content (AvgIpc) is 1.94. The first-order valence-electron chi connectivity index (χ1n) is 3.79. The van der Waals surface area contributed by atoms with E-state index < -0.39 is 0 Å². The van der Waals surface area contributed by atoms with Crippen molar-refractivity contribution in [3.63, 3.8) is 0 Å². The molecule has 0 saturated heterocycles. The van der Waals surface area contributed by atoms with Crippen LogP contribution in [-0.4, -0.2) is 0 Å². The van der Waals surface area contributed by atoms with Crippen LogP contribution in [0.3, 0.4) is 0 Å². The summed E-state index contributed by atoms with van der Waals surface area (Å²) in [5.74, 6) is 0.758. The Morgan fingerprint density at radius 2 is 2.40 bits per heavy atom. The molecule has 56 valence electrons. The molecule has 0 saturated carbocycles. The van der Waals surface area contributed by atoms with Crippen molar-refractivity contribution in [1.29, 1.82) is 0 Å². The zero-order chi connectivity index (χ0) is 7.56. The lowest BCUT2D eigenvalue weighted by Gasteiger charge is -2.15. The standard InChI is InChI=1S/C9H13I/c1-3-8-6-7(2)4-5-9(8)10/h4-5,7H,3,6H2,1-2H3. The Morgan fingerprint density at radius 3 is 2.90 bits per heavy atom. The molecule has 1 aliphatic carbocycles. The zero-order valence-electron chi connectivity index (χ0n) is 6.52. The van der Waals surface area contributed by atoms with Crippen LogP contribution in [0.25, 0.3) is 0 Å². The third-order valence-electron chi connectivity index (χ3n) is 1.90. The summed E-state index contributed by atoms with van der Waals surface area (Å²) in [6.45, 7) is 4.51. The molecule has 0 nitrogen and oxygen atoms in total. The van der Waals surface area contributed by atoms with Crippen LogP contribution in [0, 0.1) is 5.92 Å². The van der Waals surface area contributed by atoms with Gasteiger partial charge in [0.05, 0.1) is 0 Å². The Labute approximate surface area is 76.5 Å². The van der Waals surface area contributed by atoms with Gasteiger partial charge in [0.1, 0.15) is 0 Å².